The van der Waals surface area contributed by atoms with Crippen LogP contribution in [-0.4, -0.2) is 23.8 Å². The van der Waals surface area contributed by atoms with E-state index in [4.69, 9.17) is 0 Å². The van der Waals surface area contributed by atoms with Gasteiger partial charge in [0, 0.05) is 22.6 Å². The predicted molar refractivity (Wildman–Crippen MR) is 101 cm³/mol. The average Bonchev–Trinajstić information content (AvgIpc) is 2.67. The summed E-state index contributed by atoms with van der Waals surface area (Å²) in [4.78, 5) is 36.5. The van der Waals surface area contributed by atoms with Crippen LogP contribution in [0.5, 0.6) is 0 Å². The topological polar surface area (TPSA) is 75.3 Å². The third kappa shape index (κ3) is 5.02. The number of rotatable bonds is 7. The number of amides is 2. The first kappa shape index (κ1) is 19.4. The summed E-state index contributed by atoms with van der Waals surface area (Å²) in [5, 5.41) is 5.59. The van der Waals surface area contributed by atoms with Gasteiger partial charge in [-0.2, -0.15) is 0 Å². The minimum absolute atomic E-state index is 0.0896. The van der Waals surface area contributed by atoms with Crippen molar-refractivity contribution in [1.82, 2.24) is 10.6 Å². The van der Waals surface area contributed by atoms with E-state index in [2.05, 4.69) is 10.6 Å². The fraction of sp³-hybridized carbons (Fsp3) is 0.286. The van der Waals surface area contributed by atoms with Crippen LogP contribution in [0.4, 0.5) is 0 Å². The lowest BCUT2D eigenvalue weighted by molar-refractivity contribution is -0.124. The zero-order valence-corrected chi connectivity index (χ0v) is 15.3. The van der Waals surface area contributed by atoms with E-state index < -0.39 is 6.17 Å². The number of hydrogen-bond acceptors (Lipinski definition) is 3. The summed E-state index contributed by atoms with van der Waals surface area (Å²) in [7, 11) is 0. The molecule has 0 aliphatic heterocycles. The molecule has 26 heavy (non-hydrogen) atoms. The van der Waals surface area contributed by atoms with Crippen molar-refractivity contribution >= 4 is 17.6 Å². The first-order valence-electron chi connectivity index (χ1n) is 8.73. The van der Waals surface area contributed by atoms with Gasteiger partial charge in [0.05, 0.1) is 0 Å². The van der Waals surface area contributed by atoms with Gasteiger partial charge in [-0.25, -0.2) is 0 Å². The highest BCUT2D eigenvalue weighted by Gasteiger charge is 2.16. The Kier molecular flexibility index (Phi) is 6.67. The van der Waals surface area contributed by atoms with Crippen LogP contribution < -0.4 is 10.6 Å². The number of hydrogen-bond donors (Lipinski definition) is 2. The Balaban J connectivity index is 2.04. The number of carbonyl (C=O) groups is 3. The molecule has 5 heteroatoms. The number of carbonyl (C=O) groups excluding carboxylic acids is 3. The van der Waals surface area contributed by atoms with E-state index in [1.54, 1.807) is 50.2 Å². The van der Waals surface area contributed by atoms with Gasteiger partial charge in [0.1, 0.15) is 6.17 Å². The predicted octanol–water partition coefficient (Wildman–Crippen LogP) is 3.16. The smallest absolute Gasteiger partial charge is 0.252 e. The van der Waals surface area contributed by atoms with E-state index in [1.807, 2.05) is 25.1 Å². The Morgan fingerprint density at radius 2 is 1.35 bits per heavy atom. The quantitative estimate of drug-likeness (QED) is 0.594. The summed E-state index contributed by atoms with van der Waals surface area (Å²) in [5.41, 5.74) is 1.56. The molecule has 5 nitrogen and oxygen atoms in total. The highest BCUT2D eigenvalue weighted by Crippen LogP contribution is 2.11. The minimum atomic E-state index is -0.428. The molecule has 0 saturated heterocycles. The Morgan fingerprint density at radius 1 is 0.808 bits per heavy atom. The van der Waals surface area contributed by atoms with Crippen molar-refractivity contribution in [2.75, 3.05) is 0 Å². The molecule has 1 atom stereocenters. The summed E-state index contributed by atoms with van der Waals surface area (Å²) in [5.74, 6) is -0.641. The molecule has 2 amide bonds. The fourth-order valence-corrected chi connectivity index (χ4v) is 2.35. The first-order chi connectivity index (χ1) is 12.4. The third-order valence-corrected chi connectivity index (χ3v) is 4.00. The second kappa shape index (κ2) is 8.94. The lowest BCUT2D eigenvalue weighted by atomic mass is 10.0. The number of benzene rings is 2. The summed E-state index contributed by atoms with van der Waals surface area (Å²) in [6, 6.07) is 15.5. The van der Waals surface area contributed by atoms with Gasteiger partial charge in [0.15, 0.2) is 5.78 Å². The number of nitrogens with one attached hydrogen (secondary N) is 2. The molecule has 0 bridgehead atoms. The zero-order valence-electron chi connectivity index (χ0n) is 15.3. The van der Waals surface area contributed by atoms with Gasteiger partial charge in [-0.15, -0.1) is 0 Å². The van der Waals surface area contributed by atoms with Gasteiger partial charge in [0.25, 0.3) is 5.91 Å². The van der Waals surface area contributed by atoms with Gasteiger partial charge in [-0.1, -0.05) is 63.2 Å². The molecule has 0 aliphatic carbocycles. The SMILES string of the molecule is CCC(NC(=O)c1ccc(C(=O)c2ccccc2)cc1)NC(=O)C(C)C. The van der Waals surface area contributed by atoms with Crippen molar-refractivity contribution in [2.45, 2.75) is 33.4 Å². The second-order valence-electron chi connectivity index (χ2n) is 6.37. The molecule has 0 fully saturated rings. The van der Waals surface area contributed by atoms with E-state index >= 15 is 0 Å². The van der Waals surface area contributed by atoms with Crippen LogP contribution in [-0.2, 0) is 4.79 Å². The zero-order chi connectivity index (χ0) is 19.1. The molecular formula is C21H24N2O3. The van der Waals surface area contributed by atoms with Crippen LogP contribution in [0.3, 0.4) is 0 Å². The van der Waals surface area contributed by atoms with Crippen LogP contribution in [0.1, 0.15) is 53.5 Å². The van der Waals surface area contributed by atoms with Crippen LogP contribution in [0.2, 0.25) is 0 Å². The summed E-state index contributed by atoms with van der Waals surface area (Å²) in [6.07, 6.45) is 0.150. The van der Waals surface area contributed by atoms with Crippen molar-refractivity contribution < 1.29 is 14.4 Å². The van der Waals surface area contributed by atoms with Crippen molar-refractivity contribution in [2.24, 2.45) is 5.92 Å². The molecule has 0 aliphatic rings. The standard InChI is InChI=1S/C21H24N2O3/c1-4-18(22-20(25)14(2)3)23-21(26)17-12-10-16(11-13-17)19(24)15-8-6-5-7-9-15/h5-14,18H,4H2,1-3H3,(H,22,25)(H,23,26). The third-order valence-electron chi connectivity index (χ3n) is 4.00. The van der Waals surface area contributed by atoms with Gasteiger partial charge < -0.3 is 10.6 Å². The van der Waals surface area contributed by atoms with E-state index in [0.717, 1.165) is 0 Å². The molecule has 0 spiro atoms. The maximum absolute atomic E-state index is 12.4. The second-order valence-corrected chi connectivity index (χ2v) is 6.37. The normalized spacial score (nSPS) is 11.7. The maximum atomic E-state index is 12.4. The molecule has 136 valence electrons. The van der Waals surface area contributed by atoms with Gasteiger partial charge in [-0.05, 0) is 18.6 Å². The number of ketones is 1. The molecule has 2 rings (SSSR count). The molecule has 0 saturated carbocycles. The average molecular weight is 352 g/mol. The summed E-state index contributed by atoms with van der Waals surface area (Å²) < 4.78 is 0. The first-order valence-corrected chi connectivity index (χ1v) is 8.73. The lowest BCUT2D eigenvalue weighted by Crippen LogP contribution is -2.48. The Morgan fingerprint density at radius 3 is 1.88 bits per heavy atom. The maximum Gasteiger partial charge on any atom is 0.252 e. The van der Waals surface area contributed by atoms with Crippen molar-refractivity contribution in [3.05, 3.63) is 71.3 Å². The summed E-state index contributed by atoms with van der Waals surface area (Å²) >= 11 is 0. The minimum Gasteiger partial charge on any atom is -0.336 e. The van der Waals surface area contributed by atoms with E-state index in [0.29, 0.717) is 23.1 Å². The highest BCUT2D eigenvalue weighted by molar-refractivity contribution is 6.09. The molecule has 1 unspecified atom stereocenters. The van der Waals surface area contributed by atoms with Crippen molar-refractivity contribution in [1.29, 1.82) is 0 Å². The molecule has 0 aromatic heterocycles. The molecule has 2 N–H and O–H groups in total. The monoisotopic (exact) mass is 352 g/mol. The van der Waals surface area contributed by atoms with Crippen LogP contribution >= 0.6 is 0 Å². The van der Waals surface area contributed by atoms with Gasteiger partial charge in [0.2, 0.25) is 5.91 Å². The van der Waals surface area contributed by atoms with Crippen LogP contribution in [0, 0.1) is 5.92 Å². The molecule has 2 aromatic rings. The van der Waals surface area contributed by atoms with Crippen molar-refractivity contribution in [3.63, 3.8) is 0 Å². The fourth-order valence-electron chi connectivity index (χ4n) is 2.35. The Hall–Kier alpha value is -2.95. The molecule has 0 radical (unpaired) electrons. The lowest BCUT2D eigenvalue weighted by Gasteiger charge is -2.20. The largest absolute Gasteiger partial charge is 0.336 e. The van der Waals surface area contributed by atoms with Crippen molar-refractivity contribution in [3.8, 4) is 0 Å². The highest BCUT2D eigenvalue weighted by atomic mass is 16.2. The van der Waals surface area contributed by atoms with E-state index in [1.165, 1.54) is 0 Å². The van der Waals surface area contributed by atoms with Gasteiger partial charge in [-0.3, -0.25) is 14.4 Å². The van der Waals surface area contributed by atoms with E-state index in [-0.39, 0.29) is 23.5 Å². The Labute approximate surface area is 153 Å². The van der Waals surface area contributed by atoms with Gasteiger partial charge >= 0.3 is 0 Å². The van der Waals surface area contributed by atoms with Crippen LogP contribution in [0.15, 0.2) is 54.6 Å². The van der Waals surface area contributed by atoms with Crippen LogP contribution in [0.25, 0.3) is 0 Å². The molecule has 2 aromatic carbocycles. The van der Waals surface area contributed by atoms with E-state index in [9.17, 15) is 14.4 Å². The Bertz CT molecular complexity index is 768. The summed E-state index contributed by atoms with van der Waals surface area (Å²) in [6.45, 7) is 5.48. The molecular weight excluding hydrogens is 328 g/mol. The molecule has 0 heterocycles.